The molecule has 4 nitrogen and oxygen atoms in total. The summed E-state index contributed by atoms with van der Waals surface area (Å²) in [6.07, 6.45) is 1.53. The van der Waals surface area contributed by atoms with E-state index in [2.05, 4.69) is 4.90 Å². The third kappa shape index (κ3) is 3.96. The summed E-state index contributed by atoms with van der Waals surface area (Å²) in [6.45, 7) is 2.08. The number of amides is 1. The van der Waals surface area contributed by atoms with Crippen molar-refractivity contribution in [1.82, 2.24) is 9.80 Å². The van der Waals surface area contributed by atoms with Gasteiger partial charge in [-0.15, -0.1) is 0 Å². The Kier molecular flexibility index (Phi) is 4.96. The highest BCUT2D eigenvalue weighted by atomic mass is 16.3. The Hall–Kier alpha value is -2.07. The highest BCUT2D eigenvalue weighted by Gasteiger charge is 2.18. The summed E-state index contributed by atoms with van der Waals surface area (Å²) < 4.78 is 5.22. The fourth-order valence-electron chi connectivity index (χ4n) is 1.93. The summed E-state index contributed by atoms with van der Waals surface area (Å²) in [5.74, 6) is 0.320. The van der Waals surface area contributed by atoms with Gasteiger partial charge in [-0.3, -0.25) is 4.79 Å². The Bertz CT molecular complexity index is 521. The summed E-state index contributed by atoms with van der Waals surface area (Å²) in [5.41, 5.74) is 1.12. The number of carbonyl (C=O) groups excluding carboxylic acids is 1. The Labute approximate surface area is 119 Å². The van der Waals surface area contributed by atoms with Crippen LogP contribution in [0.3, 0.4) is 0 Å². The van der Waals surface area contributed by atoms with Crippen LogP contribution in [0.25, 0.3) is 0 Å². The number of benzene rings is 1. The molecule has 1 heterocycles. The van der Waals surface area contributed by atoms with Crippen molar-refractivity contribution >= 4 is 5.91 Å². The number of carbonyl (C=O) groups is 1. The normalized spacial score (nSPS) is 10.8. The molecule has 106 valence electrons. The largest absolute Gasteiger partial charge is 0.459 e. The highest BCUT2D eigenvalue weighted by Crippen LogP contribution is 2.10. The smallest absolute Gasteiger partial charge is 0.289 e. The lowest BCUT2D eigenvalue weighted by Crippen LogP contribution is -2.36. The van der Waals surface area contributed by atoms with Crippen molar-refractivity contribution in [2.24, 2.45) is 0 Å². The maximum Gasteiger partial charge on any atom is 0.289 e. The van der Waals surface area contributed by atoms with Crippen molar-refractivity contribution in [2.45, 2.75) is 6.54 Å². The lowest BCUT2D eigenvalue weighted by atomic mass is 10.2. The zero-order valence-corrected chi connectivity index (χ0v) is 12.0. The van der Waals surface area contributed by atoms with Gasteiger partial charge in [0, 0.05) is 19.6 Å². The average molecular weight is 272 g/mol. The number of furan rings is 1. The Morgan fingerprint density at radius 1 is 1.05 bits per heavy atom. The van der Waals surface area contributed by atoms with Gasteiger partial charge in [-0.25, -0.2) is 0 Å². The molecule has 0 radical (unpaired) electrons. The molecule has 0 unspecified atom stereocenters. The van der Waals surface area contributed by atoms with Crippen LogP contribution >= 0.6 is 0 Å². The fraction of sp³-hybridized carbons (Fsp3) is 0.312. The van der Waals surface area contributed by atoms with Gasteiger partial charge in [-0.2, -0.15) is 0 Å². The van der Waals surface area contributed by atoms with Crippen LogP contribution in [0.1, 0.15) is 16.1 Å². The zero-order valence-electron chi connectivity index (χ0n) is 12.0. The van der Waals surface area contributed by atoms with Crippen molar-refractivity contribution in [3.8, 4) is 0 Å². The van der Waals surface area contributed by atoms with E-state index in [4.69, 9.17) is 4.42 Å². The van der Waals surface area contributed by atoms with Crippen molar-refractivity contribution in [3.05, 3.63) is 60.1 Å². The van der Waals surface area contributed by atoms with Gasteiger partial charge in [0.05, 0.1) is 6.26 Å². The van der Waals surface area contributed by atoms with Gasteiger partial charge in [0.2, 0.25) is 0 Å². The van der Waals surface area contributed by atoms with Crippen molar-refractivity contribution in [2.75, 3.05) is 27.2 Å². The van der Waals surface area contributed by atoms with Crippen LogP contribution < -0.4 is 0 Å². The second kappa shape index (κ2) is 6.91. The first-order valence-corrected chi connectivity index (χ1v) is 6.68. The Morgan fingerprint density at radius 2 is 1.80 bits per heavy atom. The number of hydrogen-bond acceptors (Lipinski definition) is 3. The van der Waals surface area contributed by atoms with Gasteiger partial charge in [0.25, 0.3) is 5.91 Å². The number of nitrogens with zero attached hydrogens (tertiary/aromatic N) is 2. The molecule has 1 amide bonds. The SMILES string of the molecule is CN(C)CCN(Cc1ccccc1)C(=O)c1ccco1. The van der Waals surface area contributed by atoms with E-state index >= 15 is 0 Å². The van der Waals surface area contributed by atoms with E-state index in [1.807, 2.05) is 49.3 Å². The molecule has 2 rings (SSSR count). The lowest BCUT2D eigenvalue weighted by Gasteiger charge is -2.23. The molecule has 0 aliphatic heterocycles. The summed E-state index contributed by atoms with van der Waals surface area (Å²) in [7, 11) is 4.00. The molecule has 0 N–H and O–H groups in total. The molecule has 20 heavy (non-hydrogen) atoms. The minimum Gasteiger partial charge on any atom is -0.459 e. The van der Waals surface area contributed by atoms with Crippen molar-refractivity contribution < 1.29 is 9.21 Å². The van der Waals surface area contributed by atoms with Crippen LogP contribution in [0.5, 0.6) is 0 Å². The molecule has 4 heteroatoms. The van der Waals surface area contributed by atoms with E-state index in [-0.39, 0.29) is 5.91 Å². The van der Waals surface area contributed by atoms with Gasteiger partial charge >= 0.3 is 0 Å². The molecule has 0 aliphatic rings. The van der Waals surface area contributed by atoms with E-state index in [0.717, 1.165) is 12.1 Å². The molecular formula is C16H20N2O2. The van der Waals surface area contributed by atoms with Gasteiger partial charge < -0.3 is 14.2 Å². The monoisotopic (exact) mass is 272 g/mol. The maximum atomic E-state index is 12.4. The second-order valence-electron chi connectivity index (χ2n) is 4.99. The van der Waals surface area contributed by atoms with Crippen molar-refractivity contribution in [1.29, 1.82) is 0 Å². The summed E-state index contributed by atoms with van der Waals surface area (Å²) in [6, 6.07) is 13.4. The first-order valence-electron chi connectivity index (χ1n) is 6.68. The van der Waals surface area contributed by atoms with E-state index in [0.29, 0.717) is 18.8 Å². The van der Waals surface area contributed by atoms with Gasteiger partial charge in [0.1, 0.15) is 0 Å². The summed E-state index contributed by atoms with van der Waals surface area (Å²) in [4.78, 5) is 16.3. The van der Waals surface area contributed by atoms with E-state index < -0.39 is 0 Å². The van der Waals surface area contributed by atoms with Gasteiger partial charge in [0.15, 0.2) is 5.76 Å². The Balaban J connectivity index is 2.10. The molecule has 0 saturated heterocycles. The number of likely N-dealkylation sites (N-methyl/N-ethyl adjacent to an activating group) is 1. The highest BCUT2D eigenvalue weighted by molar-refractivity contribution is 5.91. The molecule has 1 aromatic heterocycles. The molecule has 1 aromatic carbocycles. The quantitative estimate of drug-likeness (QED) is 0.810. The molecule has 0 bridgehead atoms. The fourth-order valence-corrected chi connectivity index (χ4v) is 1.93. The number of hydrogen-bond donors (Lipinski definition) is 0. The van der Waals surface area contributed by atoms with Crippen LogP contribution in [0.2, 0.25) is 0 Å². The third-order valence-corrected chi connectivity index (χ3v) is 3.05. The first-order chi connectivity index (χ1) is 9.66. The number of rotatable bonds is 6. The molecule has 2 aromatic rings. The van der Waals surface area contributed by atoms with Gasteiger partial charge in [-0.05, 0) is 31.8 Å². The van der Waals surface area contributed by atoms with Gasteiger partial charge in [-0.1, -0.05) is 30.3 Å². The standard InChI is InChI=1S/C16H20N2O2/c1-17(2)10-11-18(13-14-7-4-3-5-8-14)16(19)15-9-6-12-20-15/h3-9,12H,10-11,13H2,1-2H3. The second-order valence-corrected chi connectivity index (χ2v) is 4.99. The van der Waals surface area contributed by atoms with Crippen LogP contribution in [0.4, 0.5) is 0 Å². The predicted molar refractivity (Wildman–Crippen MR) is 78.4 cm³/mol. The molecule has 0 atom stereocenters. The Morgan fingerprint density at radius 3 is 2.40 bits per heavy atom. The van der Waals surface area contributed by atoms with E-state index in [1.165, 1.54) is 6.26 Å². The topological polar surface area (TPSA) is 36.7 Å². The molecule has 0 fully saturated rings. The van der Waals surface area contributed by atoms with Crippen LogP contribution in [-0.2, 0) is 6.54 Å². The third-order valence-electron chi connectivity index (χ3n) is 3.05. The predicted octanol–water partition coefficient (Wildman–Crippen LogP) is 2.48. The minimum atomic E-state index is -0.0688. The minimum absolute atomic E-state index is 0.0688. The lowest BCUT2D eigenvalue weighted by molar-refractivity contribution is 0.0700. The van der Waals surface area contributed by atoms with Crippen LogP contribution in [0.15, 0.2) is 53.1 Å². The average Bonchev–Trinajstić information content (AvgIpc) is 2.97. The summed E-state index contributed by atoms with van der Waals surface area (Å²) in [5, 5.41) is 0. The molecule has 0 spiro atoms. The van der Waals surface area contributed by atoms with Crippen molar-refractivity contribution in [3.63, 3.8) is 0 Å². The molecule has 0 aliphatic carbocycles. The van der Waals surface area contributed by atoms with Crippen LogP contribution in [-0.4, -0.2) is 42.9 Å². The van der Waals surface area contributed by atoms with E-state index in [1.54, 1.807) is 12.1 Å². The molecular weight excluding hydrogens is 252 g/mol. The van der Waals surface area contributed by atoms with E-state index in [9.17, 15) is 4.79 Å². The van der Waals surface area contributed by atoms with Crippen LogP contribution in [0, 0.1) is 0 Å². The maximum absolute atomic E-state index is 12.4. The summed E-state index contributed by atoms with van der Waals surface area (Å²) >= 11 is 0. The molecule has 0 saturated carbocycles. The zero-order chi connectivity index (χ0) is 14.4. The first kappa shape index (κ1) is 14.3.